The predicted octanol–water partition coefficient (Wildman–Crippen LogP) is 2.31. The highest BCUT2D eigenvalue weighted by Crippen LogP contribution is 2.35. The average molecular weight is 545 g/mol. The normalized spacial score (nSPS) is 20.9. The molecule has 0 spiro atoms. The minimum Gasteiger partial charge on any atom is -0.379 e. The Morgan fingerprint density at radius 1 is 1.10 bits per heavy atom. The molecule has 5 rings (SSSR count). The standard InChI is InChI=1S/C27H27F3N4O5/c28-27(29,30)23(19-4-2-1-3-17(19)14-33-9-11-39-12-10-33)32-24(36)16-5-6-20-18(13-16)15-34(26(20)38)21-7-8-22(35)31-25(21)37/h1-6,13,21,23H,7-12,14-15H2,(H,32,36)(H,31,35,37)/t21?,23-/m1/s1. The lowest BCUT2D eigenvalue weighted by molar-refractivity contribution is -0.155. The average Bonchev–Trinajstić information content (AvgIpc) is 3.23. The Hall–Kier alpha value is -3.77. The van der Waals surface area contributed by atoms with E-state index in [1.54, 1.807) is 12.1 Å². The van der Waals surface area contributed by atoms with Crippen molar-refractivity contribution in [1.29, 1.82) is 0 Å². The van der Waals surface area contributed by atoms with Crippen LogP contribution in [0.4, 0.5) is 13.2 Å². The highest BCUT2D eigenvalue weighted by Gasteiger charge is 2.44. The van der Waals surface area contributed by atoms with Crippen molar-refractivity contribution in [2.45, 2.75) is 44.2 Å². The van der Waals surface area contributed by atoms with Gasteiger partial charge >= 0.3 is 6.18 Å². The molecular weight excluding hydrogens is 517 g/mol. The number of halogens is 3. The number of piperidine rings is 1. The Kier molecular flexibility index (Phi) is 7.41. The van der Waals surface area contributed by atoms with Crippen LogP contribution in [0.3, 0.4) is 0 Å². The molecule has 0 radical (unpaired) electrons. The number of amides is 4. The van der Waals surface area contributed by atoms with Crippen molar-refractivity contribution in [2.75, 3.05) is 26.3 Å². The zero-order valence-electron chi connectivity index (χ0n) is 20.9. The summed E-state index contributed by atoms with van der Waals surface area (Å²) in [7, 11) is 0. The lowest BCUT2D eigenvalue weighted by atomic mass is 9.98. The highest BCUT2D eigenvalue weighted by molar-refractivity contribution is 6.06. The van der Waals surface area contributed by atoms with Gasteiger partial charge in [-0.05, 0) is 41.3 Å². The predicted molar refractivity (Wildman–Crippen MR) is 131 cm³/mol. The Morgan fingerprint density at radius 2 is 1.85 bits per heavy atom. The number of nitrogens with zero attached hydrogens (tertiary/aromatic N) is 2. The molecule has 0 bridgehead atoms. The lowest BCUT2D eigenvalue weighted by Crippen LogP contribution is -2.52. The van der Waals surface area contributed by atoms with Gasteiger partial charge in [-0.1, -0.05) is 24.3 Å². The van der Waals surface area contributed by atoms with E-state index in [4.69, 9.17) is 4.74 Å². The van der Waals surface area contributed by atoms with Gasteiger partial charge in [-0.3, -0.25) is 29.4 Å². The van der Waals surface area contributed by atoms with Gasteiger partial charge in [0.15, 0.2) is 6.04 Å². The molecule has 39 heavy (non-hydrogen) atoms. The van der Waals surface area contributed by atoms with E-state index in [-0.39, 0.29) is 36.1 Å². The van der Waals surface area contributed by atoms with E-state index >= 15 is 0 Å². The van der Waals surface area contributed by atoms with E-state index in [0.717, 1.165) is 0 Å². The van der Waals surface area contributed by atoms with Gasteiger partial charge in [-0.2, -0.15) is 13.2 Å². The number of morpholine rings is 1. The van der Waals surface area contributed by atoms with Crippen molar-refractivity contribution in [2.24, 2.45) is 0 Å². The fourth-order valence-corrected chi connectivity index (χ4v) is 5.23. The molecule has 2 aromatic carbocycles. The SMILES string of the molecule is O=C1CCC(N2Cc3cc(C(=O)N[C@H](c4ccccc4CN4CCOCC4)C(F)(F)F)ccc3C2=O)C(=O)N1. The fourth-order valence-electron chi connectivity index (χ4n) is 5.23. The van der Waals surface area contributed by atoms with Crippen LogP contribution in [0.15, 0.2) is 42.5 Å². The van der Waals surface area contributed by atoms with Gasteiger partial charge in [0.25, 0.3) is 11.8 Å². The van der Waals surface area contributed by atoms with Gasteiger partial charge < -0.3 is 15.0 Å². The summed E-state index contributed by atoms with van der Waals surface area (Å²) in [5, 5.41) is 4.36. The molecule has 3 heterocycles. The van der Waals surface area contributed by atoms with Crippen LogP contribution in [-0.4, -0.2) is 71.9 Å². The molecular formula is C27H27F3N4O5. The van der Waals surface area contributed by atoms with Crippen molar-refractivity contribution in [3.05, 3.63) is 70.3 Å². The number of hydrogen-bond acceptors (Lipinski definition) is 6. The van der Waals surface area contributed by atoms with Crippen LogP contribution in [0.2, 0.25) is 0 Å². The first-order valence-electron chi connectivity index (χ1n) is 12.6. The summed E-state index contributed by atoms with van der Waals surface area (Å²) in [6.07, 6.45) is -4.49. The van der Waals surface area contributed by atoms with Gasteiger partial charge in [0.05, 0.1) is 13.2 Å². The third-order valence-corrected chi connectivity index (χ3v) is 7.25. The van der Waals surface area contributed by atoms with Crippen LogP contribution in [-0.2, 0) is 27.4 Å². The van der Waals surface area contributed by atoms with Crippen molar-refractivity contribution in [1.82, 2.24) is 20.4 Å². The van der Waals surface area contributed by atoms with Gasteiger partial charge in [0.2, 0.25) is 11.8 Å². The molecule has 0 saturated carbocycles. The quantitative estimate of drug-likeness (QED) is 0.541. The molecule has 2 fully saturated rings. The highest BCUT2D eigenvalue weighted by atomic mass is 19.4. The van der Waals surface area contributed by atoms with Crippen LogP contribution in [0.25, 0.3) is 0 Å². The first-order valence-corrected chi connectivity index (χ1v) is 12.6. The second-order valence-electron chi connectivity index (χ2n) is 9.81. The third-order valence-electron chi connectivity index (χ3n) is 7.25. The van der Waals surface area contributed by atoms with Crippen molar-refractivity contribution in [3.63, 3.8) is 0 Å². The third kappa shape index (κ3) is 5.66. The number of carbonyl (C=O) groups excluding carboxylic acids is 4. The Bertz CT molecular complexity index is 1310. The molecule has 12 heteroatoms. The van der Waals surface area contributed by atoms with E-state index in [2.05, 4.69) is 10.6 Å². The lowest BCUT2D eigenvalue weighted by Gasteiger charge is -2.29. The maximum atomic E-state index is 14.3. The van der Waals surface area contributed by atoms with Crippen LogP contribution in [0.1, 0.15) is 56.3 Å². The molecule has 3 aliphatic heterocycles. The van der Waals surface area contributed by atoms with E-state index < -0.39 is 41.9 Å². The monoisotopic (exact) mass is 544 g/mol. The topological polar surface area (TPSA) is 108 Å². The van der Waals surface area contributed by atoms with Crippen LogP contribution < -0.4 is 10.6 Å². The van der Waals surface area contributed by atoms with Crippen LogP contribution in [0.5, 0.6) is 0 Å². The molecule has 2 saturated heterocycles. The number of benzene rings is 2. The smallest absolute Gasteiger partial charge is 0.379 e. The van der Waals surface area contributed by atoms with Gasteiger partial charge in [-0.25, -0.2) is 0 Å². The summed E-state index contributed by atoms with van der Waals surface area (Å²) >= 11 is 0. The molecule has 0 aromatic heterocycles. The van der Waals surface area contributed by atoms with E-state index in [0.29, 0.717) is 44.0 Å². The Morgan fingerprint density at radius 3 is 2.56 bits per heavy atom. The zero-order valence-corrected chi connectivity index (χ0v) is 20.9. The number of imide groups is 1. The Balaban J connectivity index is 1.35. The van der Waals surface area contributed by atoms with E-state index in [1.807, 2.05) is 4.90 Å². The van der Waals surface area contributed by atoms with E-state index in [1.165, 1.54) is 35.2 Å². The molecule has 3 aliphatic rings. The molecule has 1 unspecified atom stereocenters. The number of rotatable bonds is 6. The summed E-state index contributed by atoms with van der Waals surface area (Å²) in [5.74, 6) is -2.36. The molecule has 4 amide bonds. The minimum absolute atomic E-state index is 0.00659. The number of alkyl halides is 3. The fraction of sp³-hybridized carbons (Fsp3) is 0.407. The van der Waals surface area contributed by atoms with E-state index in [9.17, 15) is 32.3 Å². The largest absolute Gasteiger partial charge is 0.412 e. The van der Waals surface area contributed by atoms with Crippen molar-refractivity contribution >= 4 is 23.6 Å². The number of nitrogens with one attached hydrogen (secondary N) is 2. The molecule has 2 aromatic rings. The second-order valence-corrected chi connectivity index (χ2v) is 9.81. The van der Waals surface area contributed by atoms with Gasteiger partial charge in [0.1, 0.15) is 6.04 Å². The summed E-state index contributed by atoms with van der Waals surface area (Å²) in [6, 6.07) is 7.15. The maximum absolute atomic E-state index is 14.3. The molecule has 206 valence electrons. The number of ether oxygens (including phenoxy) is 1. The van der Waals surface area contributed by atoms with Crippen molar-refractivity contribution in [3.8, 4) is 0 Å². The molecule has 9 nitrogen and oxygen atoms in total. The van der Waals surface area contributed by atoms with Gasteiger partial charge in [0, 0.05) is 43.7 Å². The zero-order chi connectivity index (χ0) is 27.7. The van der Waals surface area contributed by atoms with Crippen LogP contribution in [0, 0.1) is 0 Å². The summed E-state index contributed by atoms with van der Waals surface area (Å²) < 4.78 is 48.1. The summed E-state index contributed by atoms with van der Waals surface area (Å²) in [4.78, 5) is 53.0. The molecule has 2 atom stereocenters. The second kappa shape index (κ2) is 10.8. The first-order chi connectivity index (χ1) is 18.6. The Labute approximate surface area is 222 Å². The summed E-state index contributed by atoms with van der Waals surface area (Å²) in [6.45, 7) is 2.50. The minimum atomic E-state index is -4.76. The number of fused-ring (bicyclic) bond motifs is 1. The first kappa shape index (κ1) is 26.8. The number of carbonyl (C=O) groups is 4. The van der Waals surface area contributed by atoms with Gasteiger partial charge in [-0.15, -0.1) is 0 Å². The summed E-state index contributed by atoms with van der Waals surface area (Å²) in [5.41, 5.74) is 1.08. The van der Waals surface area contributed by atoms with Crippen molar-refractivity contribution < 1.29 is 37.1 Å². The molecule has 0 aliphatic carbocycles. The molecule has 2 N–H and O–H groups in total. The van der Waals surface area contributed by atoms with Crippen LogP contribution >= 0.6 is 0 Å². The number of hydrogen-bond donors (Lipinski definition) is 2. The maximum Gasteiger partial charge on any atom is 0.412 e.